The van der Waals surface area contributed by atoms with E-state index in [1.807, 2.05) is 6.07 Å². The number of aromatic nitrogens is 2. The average molecular weight is 500 g/mol. The number of nitrogens with one attached hydrogen (secondary N) is 1. The third-order valence-corrected chi connectivity index (χ3v) is 6.05. The first kappa shape index (κ1) is 25.0. The molecule has 0 unspecified atom stereocenters. The lowest BCUT2D eigenvalue weighted by molar-refractivity contribution is -0.125. The van der Waals surface area contributed by atoms with Crippen LogP contribution < -0.4 is 19.3 Å². The van der Waals surface area contributed by atoms with E-state index in [0.717, 1.165) is 16.7 Å². The number of carbonyl (C=O) groups excluding carboxylic acids is 2. The number of nitrogens with zero attached hydrogens (tertiary/aromatic N) is 4. The van der Waals surface area contributed by atoms with Crippen LogP contribution in [-0.2, 0) is 17.9 Å². The molecule has 3 amide bonds. The van der Waals surface area contributed by atoms with Crippen molar-refractivity contribution in [3.63, 3.8) is 0 Å². The largest absolute Gasteiger partial charge is 0.493 e. The Morgan fingerprint density at radius 3 is 2.44 bits per heavy atom. The van der Waals surface area contributed by atoms with Gasteiger partial charge in [0.05, 0.1) is 33.0 Å². The first-order valence-corrected chi connectivity index (χ1v) is 11.3. The Morgan fingerprint density at radius 2 is 1.86 bits per heavy atom. The van der Waals surface area contributed by atoms with Gasteiger partial charge in [0.1, 0.15) is 11.3 Å². The molecular formula is C25H27F2N5O4. The minimum atomic E-state index is -1.00. The molecule has 1 aromatic carbocycles. The van der Waals surface area contributed by atoms with Crippen LogP contribution in [0.3, 0.4) is 0 Å². The molecule has 2 aromatic heterocycles. The summed E-state index contributed by atoms with van der Waals surface area (Å²) >= 11 is 0. The highest BCUT2D eigenvalue weighted by molar-refractivity contribution is 6.11. The van der Waals surface area contributed by atoms with E-state index in [-0.39, 0.29) is 30.5 Å². The standard InChI is InChI=1S/C25H27F2N5O4/c1-6-8-19(33)30(3)13-15-9-16-22-14(11-28-24(16)29-15)12-32(25(34)31(22)7-2)23-20(26)17(35-4)10-18(36-5)21(23)27/h6,8-11H,7,12-13H2,1-5H3,(H,28,29)/b8-6-. The Kier molecular flexibility index (Phi) is 6.82. The van der Waals surface area contributed by atoms with Crippen LogP contribution in [0.25, 0.3) is 11.0 Å². The molecule has 3 heterocycles. The summed E-state index contributed by atoms with van der Waals surface area (Å²) in [6, 6.07) is 2.33. The number of pyridine rings is 1. The molecule has 1 aliphatic heterocycles. The van der Waals surface area contributed by atoms with Gasteiger partial charge in [0, 0.05) is 42.5 Å². The molecule has 1 N–H and O–H groups in total. The van der Waals surface area contributed by atoms with Crippen LogP contribution in [-0.4, -0.2) is 54.6 Å². The highest BCUT2D eigenvalue weighted by atomic mass is 19.1. The number of rotatable bonds is 7. The zero-order valence-electron chi connectivity index (χ0n) is 20.7. The van der Waals surface area contributed by atoms with E-state index in [1.54, 1.807) is 38.1 Å². The zero-order valence-corrected chi connectivity index (χ0v) is 20.7. The van der Waals surface area contributed by atoms with Gasteiger partial charge in [-0.15, -0.1) is 0 Å². The number of aromatic amines is 1. The lowest BCUT2D eigenvalue weighted by atomic mass is 10.1. The first-order chi connectivity index (χ1) is 17.2. The summed E-state index contributed by atoms with van der Waals surface area (Å²) in [5.74, 6) is -2.65. The van der Waals surface area contributed by atoms with Gasteiger partial charge in [0.2, 0.25) is 5.91 Å². The number of carbonyl (C=O) groups is 2. The third-order valence-electron chi connectivity index (χ3n) is 6.05. The number of hydrogen-bond donors (Lipinski definition) is 1. The summed E-state index contributed by atoms with van der Waals surface area (Å²) in [6.45, 7) is 3.97. The number of fused-ring (bicyclic) bond motifs is 3. The fraction of sp³-hybridized carbons (Fsp3) is 0.320. The number of allylic oxidation sites excluding steroid dienone is 1. The average Bonchev–Trinajstić information content (AvgIpc) is 3.27. The number of ether oxygens (including phenoxy) is 2. The molecule has 0 fully saturated rings. The van der Waals surface area contributed by atoms with E-state index < -0.39 is 23.4 Å². The molecule has 0 bridgehead atoms. The van der Waals surface area contributed by atoms with E-state index in [4.69, 9.17) is 9.47 Å². The van der Waals surface area contributed by atoms with E-state index in [9.17, 15) is 9.59 Å². The highest BCUT2D eigenvalue weighted by Crippen LogP contribution is 2.42. The Bertz CT molecular complexity index is 1340. The monoisotopic (exact) mass is 499 g/mol. The van der Waals surface area contributed by atoms with Crippen molar-refractivity contribution >= 4 is 34.3 Å². The normalized spacial score (nSPS) is 13.5. The van der Waals surface area contributed by atoms with Gasteiger partial charge in [-0.2, -0.15) is 0 Å². The van der Waals surface area contributed by atoms with Crippen LogP contribution in [0, 0.1) is 11.6 Å². The van der Waals surface area contributed by atoms with Crippen molar-refractivity contribution < 1.29 is 27.8 Å². The molecule has 0 atom stereocenters. The van der Waals surface area contributed by atoms with E-state index >= 15 is 8.78 Å². The molecule has 0 saturated heterocycles. The van der Waals surface area contributed by atoms with Gasteiger partial charge in [-0.3, -0.25) is 14.6 Å². The Morgan fingerprint density at radius 1 is 1.19 bits per heavy atom. The smallest absolute Gasteiger partial charge is 0.329 e. The molecule has 0 aliphatic carbocycles. The van der Waals surface area contributed by atoms with Crippen molar-refractivity contribution in [2.24, 2.45) is 0 Å². The van der Waals surface area contributed by atoms with Crippen LogP contribution >= 0.6 is 0 Å². The molecule has 11 heteroatoms. The maximum absolute atomic E-state index is 15.2. The van der Waals surface area contributed by atoms with Crippen LogP contribution in [0.2, 0.25) is 0 Å². The molecule has 36 heavy (non-hydrogen) atoms. The minimum absolute atomic E-state index is 0.113. The second-order valence-corrected chi connectivity index (χ2v) is 8.25. The molecule has 0 spiro atoms. The summed E-state index contributed by atoms with van der Waals surface area (Å²) in [5, 5.41) is 0.674. The lowest BCUT2D eigenvalue weighted by Gasteiger charge is -2.37. The van der Waals surface area contributed by atoms with Gasteiger partial charge in [-0.05, 0) is 26.0 Å². The predicted octanol–water partition coefficient (Wildman–Crippen LogP) is 4.36. The first-order valence-electron chi connectivity index (χ1n) is 11.3. The number of halogens is 2. The van der Waals surface area contributed by atoms with Crippen LogP contribution in [0.5, 0.6) is 11.5 Å². The topological polar surface area (TPSA) is 91.0 Å². The van der Waals surface area contributed by atoms with Crippen molar-refractivity contribution in [3.05, 3.63) is 53.4 Å². The summed E-state index contributed by atoms with van der Waals surface area (Å²) in [5.41, 5.74) is 1.92. The maximum Gasteiger partial charge on any atom is 0.329 e. The lowest BCUT2D eigenvalue weighted by Crippen LogP contribution is -2.48. The van der Waals surface area contributed by atoms with Crippen molar-refractivity contribution in [2.75, 3.05) is 37.6 Å². The number of amides is 3. The van der Waals surface area contributed by atoms with Crippen LogP contribution in [0.15, 0.2) is 30.5 Å². The zero-order chi connectivity index (χ0) is 26.1. The Labute approximate surface area is 206 Å². The van der Waals surface area contributed by atoms with E-state index in [0.29, 0.717) is 28.8 Å². The van der Waals surface area contributed by atoms with Gasteiger partial charge in [0.15, 0.2) is 23.1 Å². The summed E-state index contributed by atoms with van der Waals surface area (Å²) in [6.07, 6.45) is 4.71. The van der Waals surface area contributed by atoms with E-state index in [2.05, 4.69) is 9.97 Å². The predicted molar refractivity (Wildman–Crippen MR) is 131 cm³/mol. The van der Waals surface area contributed by atoms with Gasteiger partial charge >= 0.3 is 6.03 Å². The molecule has 4 rings (SSSR count). The minimum Gasteiger partial charge on any atom is -0.493 e. The summed E-state index contributed by atoms with van der Waals surface area (Å²) in [7, 11) is 4.18. The molecule has 1 aliphatic rings. The molecule has 0 saturated carbocycles. The fourth-order valence-electron chi connectivity index (χ4n) is 4.34. The molecule has 0 radical (unpaired) electrons. The number of H-pyrrole nitrogens is 1. The maximum atomic E-state index is 15.2. The Hall–Kier alpha value is -4.15. The van der Waals surface area contributed by atoms with Crippen molar-refractivity contribution in [3.8, 4) is 11.5 Å². The van der Waals surface area contributed by atoms with Gasteiger partial charge in [-0.1, -0.05) is 6.08 Å². The number of anilines is 2. The van der Waals surface area contributed by atoms with Crippen molar-refractivity contribution in [2.45, 2.75) is 26.9 Å². The number of urea groups is 1. The molecule has 9 nitrogen and oxygen atoms in total. The fourth-order valence-corrected chi connectivity index (χ4v) is 4.34. The van der Waals surface area contributed by atoms with Crippen molar-refractivity contribution in [1.29, 1.82) is 0 Å². The van der Waals surface area contributed by atoms with E-state index in [1.165, 1.54) is 25.2 Å². The van der Waals surface area contributed by atoms with Crippen molar-refractivity contribution in [1.82, 2.24) is 14.9 Å². The second kappa shape index (κ2) is 9.84. The van der Waals surface area contributed by atoms with Gasteiger partial charge < -0.3 is 19.4 Å². The SMILES string of the molecule is C/C=C\C(=O)N(C)Cc1cc2c3c(cnc2[nH]1)CN(c1c(F)c(OC)cc(OC)c1F)C(=O)N3CC. The molecule has 3 aromatic rings. The highest BCUT2D eigenvalue weighted by Gasteiger charge is 2.37. The van der Waals surface area contributed by atoms with Crippen LogP contribution in [0.4, 0.5) is 25.0 Å². The number of methoxy groups -OCH3 is 2. The molecule has 190 valence electrons. The molecular weight excluding hydrogens is 472 g/mol. The second-order valence-electron chi connectivity index (χ2n) is 8.25. The quantitative estimate of drug-likeness (QED) is 0.488. The third kappa shape index (κ3) is 4.10. The summed E-state index contributed by atoms with van der Waals surface area (Å²) < 4.78 is 40.5. The van der Waals surface area contributed by atoms with Gasteiger partial charge in [0.25, 0.3) is 0 Å². The summed E-state index contributed by atoms with van der Waals surface area (Å²) in [4.78, 5) is 37.3. The van der Waals surface area contributed by atoms with Gasteiger partial charge in [-0.25, -0.2) is 18.6 Å². The number of benzene rings is 1. The number of hydrogen-bond acceptors (Lipinski definition) is 5. The Balaban J connectivity index is 1.79. The number of likely N-dealkylation sites (N-methyl/N-ethyl adjacent to an activating group) is 1. The van der Waals surface area contributed by atoms with Crippen LogP contribution in [0.1, 0.15) is 25.1 Å².